The fourth-order valence-corrected chi connectivity index (χ4v) is 2.25. The largest absolute Gasteiger partial charge is 0.435 e. The molecule has 0 N–H and O–H groups in total. The lowest BCUT2D eigenvalue weighted by Gasteiger charge is -2.36. The predicted octanol–water partition coefficient (Wildman–Crippen LogP) is 4.81. The molecule has 0 aliphatic carbocycles. The van der Waals surface area contributed by atoms with Gasteiger partial charge in [-0.05, 0) is 35.8 Å². The van der Waals surface area contributed by atoms with E-state index in [-0.39, 0.29) is 10.8 Å². The molecule has 2 nitrogen and oxygen atoms in total. The Morgan fingerprint density at radius 2 is 1.84 bits per heavy atom. The molecule has 0 aromatic heterocycles. The molecular formula is C14H22F2O2Si. The summed E-state index contributed by atoms with van der Waals surface area (Å²) in [6, 6.07) is 6.66. The molecule has 0 spiro atoms. The molecule has 0 bridgehead atoms. The van der Waals surface area contributed by atoms with E-state index in [0.29, 0.717) is 6.61 Å². The Morgan fingerprint density at radius 1 is 1.21 bits per heavy atom. The number of alkyl halides is 2. The van der Waals surface area contributed by atoms with Crippen LogP contribution in [0.5, 0.6) is 5.75 Å². The van der Waals surface area contributed by atoms with E-state index < -0.39 is 14.9 Å². The molecule has 0 atom stereocenters. The van der Waals surface area contributed by atoms with Crippen molar-refractivity contribution in [3.63, 3.8) is 0 Å². The van der Waals surface area contributed by atoms with E-state index in [1.165, 1.54) is 6.07 Å². The van der Waals surface area contributed by atoms with E-state index in [4.69, 9.17) is 4.43 Å². The summed E-state index contributed by atoms with van der Waals surface area (Å²) >= 11 is 0. The highest BCUT2D eigenvalue weighted by atomic mass is 28.4. The zero-order valence-corrected chi connectivity index (χ0v) is 13.2. The van der Waals surface area contributed by atoms with Crippen LogP contribution in [0.3, 0.4) is 0 Å². The first-order valence-electron chi connectivity index (χ1n) is 6.29. The van der Waals surface area contributed by atoms with Gasteiger partial charge in [0.1, 0.15) is 5.75 Å². The Hall–Kier alpha value is -0.943. The van der Waals surface area contributed by atoms with Gasteiger partial charge in [-0.25, -0.2) is 0 Å². The van der Waals surface area contributed by atoms with Crippen molar-refractivity contribution in [3.8, 4) is 5.75 Å². The highest BCUT2D eigenvalue weighted by Crippen LogP contribution is 2.37. The molecule has 0 saturated carbocycles. The smallest absolute Gasteiger partial charge is 0.387 e. The molecule has 0 unspecified atom stereocenters. The molecule has 0 fully saturated rings. The fraction of sp³-hybridized carbons (Fsp3) is 0.571. The molecule has 1 aromatic carbocycles. The molecule has 1 aromatic rings. The first-order chi connectivity index (χ1) is 8.62. The van der Waals surface area contributed by atoms with Crippen molar-refractivity contribution in [3.05, 3.63) is 29.8 Å². The highest BCUT2D eigenvalue weighted by molar-refractivity contribution is 6.74. The first-order valence-corrected chi connectivity index (χ1v) is 9.20. The lowest BCUT2D eigenvalue weighted by Crippen LogP contribution is -2.40. The Balaban J connectivity index is 2.68. The molecule has 0 saturated heterocycles. The Bertz CT molecular complexity index is 414. The summed E-state index contributed by atoms with van der Waals surface area (Å²) in [6.45, 7) is 8.44. The molecule has 0 aliphatic rings. The first kappa shape index (κ1) is 16.1. The van der Waals surface area contributed by atoms with Gasteiger partial charge < -0.3 is 9.16 Å². The molecule has 19 heavy (non-hydrogen) atoms. The van der Waals surface area contributed by atoms with E-state index in [9.17, 15) is 8.78 Å². The molecule has 0 heterocycles. The molecule has 0 aliphatic heterocycles. The third kappa shape index (κ3) is 4.91. The summed E-state index contributed by atoms with van der Waals surface area (Å²) in [5, 5.41) is 0.129. The lowest BCUT2D eigenvalue weighted by atomic mass is 10.2. The minimum Gasteiger partial charge on any atom is -0.435 e. The van der Waals surface area contributed by atoms with Crippen LogP contribution < -0.4 is 4.74 Å². The summed E-state index contributed by atoms with van der Waals surface area (Å²) in [5.74, 6) is 0.173. The fourth-order valence-electron chi connectivity index (χ4n) is 1.29. The van der Waals surface area contributed by atoms with Crippen LogP contribution in [0.2, 0.25) is 18.1 Å². The second-order valence-electron chi connectivity index (χ2n) is 6.07. The van der Waals surface area contributed by atoms with Crippen LogP contribution in [0.4, 0.5) is 8.78 Å². The Kier molecular flexibility index (Phi) is 5.09. The SMILES string of the molecule is CC(C)(C)[Si](C)(C)OCc1cccc(OC(F)F)c1. The van der Waals surface area contributed by atoms with E-state index in [0.717, 1.165) is 5.56 Å². The normalized spacial score (nSPS) is 12.8. The van der Waals surface area contributed by atoms with Gasteiger partial charge in [0, 0.05) is 0 Å². The van der Waals surface area contributed by atoms with Gasteiger partial charge in [0.2, 0.25) is 0 Å². The van der Waals surface area contributed by atoms with Crippen LogP contribution in [-0.4, -0.2) is 14.9 Å². The summed E-state index contributed by atoms with van der Waals surface area (Å²) in [5.41, 5.74) is 0.850. The van der Waals surface area contributed by atoms with Crippen LogP contribution in [0, 0.1) is 0 Å². The molecule has 0 amide bonds. The maximum atomic E-state index is 12.1. The summed E-state index contributed by atoms with van der Waals surface area (Å²) in [4.78, 5) is 0. The molecule has 5 heteroatoms. The quantitative estimate of drug-likeness (QED) is 0.724. The number of rotatable bonds is 5. The Labute approximate surface area is 114 Å². The van der Waals surface area contributed by atoms with Crippen LogP contribution in [-0.2, 0) is 11.0 Å². The van der Waals surface area contributed by atoms with Gasteiger partial charge in [-0.3, -0.25) is 0 Å². The van der Waals surface area contributed by atoms with Crippen LogP contribution in [0.25, 0.3) is 0 Å². The molecular weight excluding hydrogens is 266 g/mol. The van der Waals surface area contributed by atoms with Crippen molar-refractivity contribution in [1.29, 1.82) is 0 Å². The standard InChI is InChI=1S/C14H22F2O2Si/c1-14(2,3)19(4,5)17-10-11-7-6-8-12(9-11)18-13(15)16/h6-9,13H,10H2,1-5H3. The van der Waals surface area contributed by atoms with E-state index >= 15 is 0 Å². The van der Waals surface area contributed by atoms with Crippen molar-refractivity contribution in [1.82, 2.24) is 0 Å². The number of benzene rings is 1. The number of halogens is 2. The lowest BCUT2D eigenvalue weighted by molar-refractivity contribution is -0.0499. The Morgan fingerprint density at radius 3 is 2.37 bits per heavy atom. The number of hydrogen-bond acceptors (Lipinski definition) is 2. The topological polar surface area (TPSA) is 18.5 Å². The van der Waals surface area contributed by atoms with Gasteiger partial charge in [0.25, 0.3) is 0 Å². The predicted molar refractivity (Wildman–Crippen MR) is 75.1 cm³/mol. The second kappa shape index (κ2) is 6.01. The summed E-state index contributed by atoms with van der Waals surface area (Å²) in [6.07, 6.45) is 0. The summed E-state index contributed by atoms with van der Waals surface area (Å²) < 4.78 is 34.7. The van der Waals surface area contributed by atoms with Crippen molar-refractivity contribution in [2.45, 2.75) is 52.1 Å². The van der Waals surface area contributed by atoms with Crippen LogP contribution in [0.15, 0.2) is 24.3 Å². The maximum absolute atomic E-state index is 12.1. The van der Waals surface area contributed by atoms with Crippen molar-refractivity contribution < 1.29 is 17.9 Å². The highest BCUT2D eigenvalue weighted by Gasteiger charge is 2.36. The molecule has 108 valence electrons. The van der Waals surface area contributed by atoms with Gasteiger partial charge in [-0.2, -0.15) is 8.78 Å². The van der Waals surface area contributed by atoms with Crippen LogP contribution >= 0.6 is 0 Å². The van der Waals surface area contributed by atoms with Crippen molar-refractivity contribution in [2.24, 2.45) is 0 Å². The maximum Gasteiger partial charge on any atom is 0.387 e. The molecule has 1 rings (SSSR count). The van der Waals surface area contributed by atoms with Gasteiger partial charge in [0.15, 0.2) is 8.32 Å². The summed E-state index contributed by atoms with van der Waals surface area (Å²) in [7, 11) is -1.83. The van der Waals surface area contributed by atoms with Crippen LogP contribution in [0.1, 0.15) is 26.3 Å². The monoisotopic (exact) mass is 288 g/mol. The number of hydrogen-bond donors (Lipinski definition) is 0. The van der Waals surface area contributed by atoms with Gasteiger partial charge in [-0.15, -0.1) is 0 Å². The minimum absolute atomic E-state index is 0.129. The van der Waals surface area contributed by atoms with Gasteiger partial charge in [-0.1, -0.05) is 32.9 Å². The third-order valence-corrected chi connectivity index (χ3v) is 8.01. The van der Waals surface area contributed by atoms with Gasteiger partial charge >= 0.3 is 6.61 Å². The van der Waals surface area contributed by atoms with E-state index in [2.05, 4.69) is 38.6 Å². The van der Waals surface area contributed by atoms with Crippen molar-refractivity contribution in [2.75, 3.05) is 0 Å². The van der Waals surface area contributed by atoms with E-state index in [1.54, 1.807) is 12.1 Å². The second-order valence-corrected chi connectivity index (χ2v) is 10.9. The van der Waals surface area contributed by atoms with Gasteiger partial charge in [0.05, 0.1) is 6.61 Å². The average Bonchev–Trinajstić information content (AvgIpc) is 2.24. The zero-order valence-electron chi connectivity index (χ0n) is 12.2. The third-order valence-electron chi connectivity index (χ3n) is 3.53. The number of ether oxygens (including phenoxy) is 1. The average molecular weight is 288 g/mol. The molecule has 0 radical (unpaired) electrons. The van der Waals surface area contributed by atoms with E-state index in [1.807, 2.05) is 6.07 Å². The minimum atomic E-state index is -2.79. The van der Waals surface area contributed by atoms with Crippen molar-refractivity contribution >= 4 is 8.32 Å². The zero-order chi connectivity index (χ0) is 14.7.